The Bertz CT molecular complexity index is 115. The van der Waals surface area contributed by atoms with Crippen molar-refractivity contribution in [1.82, 2.24) is 4.90 Å². The fourth-order valence-corrected chi connectivity index (χ4v) is 0.474. The highest BCUT2D eigenvalue weighted by atomic mass is 16.5. The number of carbonyl (C=O) groups excluding carboxylic acids is 1. The van der Waals surface area contributed by atoms with Crippen LogP contribution in [-0.2, 0) is 9.53 Å². The number of likely N-dealkylation sites (N-methyl/N-ethyl adjacent to an activating group) is 1. The molecule has 0 heterocycles. The number of nitrogens with two attached hydrogens (primary N) is 1. The molecule has 0 aromatic heterocycles. The van der Waals surface area contributed by atoms with Gasteiger partial charge in [-0.15, -0.1) is 0 Å². The predicted molar refractivity (Wildman–Crippen MR) is 43.2 cm³/mol. The van der Waals surface area contributed by atoms with Gasteiger partial charge in [0.25, 0.3) is 0 Å². The highest BCUT2D eigenvalue weighted by molar-refractivity contribution is 5.76. The van der Waals surface area contributed by atoms with E-state index in [-0.39, 0.29) is 12.5 Å². The quantitative estimate of drug-likeness (QED) is 0.548. The largest absolute Gasteiger partial charge is 0.372 e. The van der Waals surface area contributed by atoms with Crippen LogP contribution >= 0.6 is 0 Å². The van der Waals surface area contributed by atoms with Gasteiger partial charge < -0.3 is 15.4 Å². The Balaban J connectivity index is 3.18. The van der Waals surface area contributed by atoms with Crippen molar-refractivity contribution in [3.8, 4) is 0 Å². The molecule has 0 aliphatic rings. The molecule has 1 amide bonds. The second-order valence-corrected chi connectivity index (χ2v) is 2.48. The van der Waals surface area contributed by atoms with Crippen LogP contribution in [0.15, 0.2) is 0 Å². The van der Waals surface area contributed by atoms with Crippen LogP contribution in [0.4, 0.5) is 0 Å². The van der Waals surface area contributed by atoms with Crippen molar-refractivity contribution < 1.29 is 9.53 Å². The first-order valence-electron chi connectivity index (χ1n) is 3.66. The number of nitrogens with zero attached hydrogens (tertiary/aromatic N) is 1. The zero-order valence-corrected chi connectivity index (χ0v) is 7.17. The topological polar surface area (TPSA) is 55.6 Å². The summed E-state index contributed by atoms with van der Waals surface area (Å²) in [4.78, 5) is 12.4. The summed E-state index contributed by atoms with van der Waals surface area (Å²) in [6.45, 7) is 1.33. The number of carbonyl (C=O) groups is 1. The Kier molecular flexibility index (Phi) is 5.78. The molecule has 66 valence electrons. The van der Waals surface area contributed by atoms with Crippen LogP contribution in [0.5, 0.6) is 0 Å². The Morgan fingerprint density at radius 1 is 1.55 bits per heavy atom. The molecule has 0 unspecified atom stereocenters. The fourth-order valence-electron chi connectivity index (χ4n) is 0.474. The second kappa shape index (κ2) is 6.12. The summed E-state index contributed by atoms with van der Waals surface area (Å²) in [7, 11) is 3.41. The van der Waals surface area contributed by atoms with E-state index in [9.17, 15) is 4.79 Å². The van der Waals surface area contributed by atoms with Crippen molar-refractivity contribution in [2.75, 3.05) is 33.9 Å². The standard InChI is InChI=1S/C7H16N2O2/c1-9(2)7(10)6-11-5-3-4-8/h3-6,8H2,1-2H3. The lowest BCUT2D eigenvalue weighted by molar-refractivity contribution is -0.133. The molecule has 0 atom stereocenters. The molecule has 0 spiro atoms. The van der Waals surface area contributed by atoms with Crippen molar-refractivity contribution in [1.29, 1.82) is 0 Å². The van der Waals surface area contributed by atoms with Gasteiger partial charge in [-0.05, 0) is 13.0 Å². The van der Waals surface area contributed by atoms with Gasteiger partial charge in [0.1, 0.15) is 6.61 Å². The summed E-state index contributed by atoms with van der Waals surface area (Å²) in [5.74, 6) is -0.0120. The van der Waals surface area contributed by atoms with Crippen LogP contribution in [0.3, 0.4) is 0 Å². The van der Waals surface area contributed by atoms with Crippen molar-refractivity contribution in [2.24, 2.45) is 5.73 Å². The highest BCUT2D eigenvalue weighted by Gasteiger charge is 2.01. The van der Waals surface area contributed by atoms with Gasteiger partial charge in [0.05, 0.1) is 0 Å². The third-order valence-electron chi connectivity index (χ3n) is 1.22. The lowest BCUT2D eigenvalue weighted by atomic mass is 10.5. The van der Waals surface area contributed by atoms with Gasteiger partial charge in [0.15, 0.2) is 0 Å². The van der Waals surface area contributed by atoms with Crippen LogP contribution in [0.25, 0.3) is 0 Å². The maximum Gasteiger partial charge on any atom is 0.248 e. The van der Waals surface area contributed by atoms with Crippen LogP contribution in [0, 0.1) is 0 Å². The number of hydrogen-bond donors (Lipinski definition) is 1. The number of ether oxygens (including phenoxy) is 1. The van der Waals surface area contributed by atoms with E-state index in [1.54, 1.807) is 14.1 Å². The third kappa shape index (κ3) is 5.82. The summed E-state index contributed by atoms with van der Waals surface area (Å²) < 4.78 is 5.03. The van der Waals surface area contributed by atoms with E-state index in [0.717, 1.165) is 6.42 Å². The zero-order chi connectivity index (χ0) is 8.69. The number of rotatable bonds is 5. The lowest BCUT2D eigenvalue weighted by Gasteiger charge is -2.09. The Hall–Kier alpha value is -0.610. The Morgan fingerprint density at radius 3 is 2.64 bits per heavy atom. The molecule has 0 saturated carbocycles. The van der Waals surface area contributed by atoms with E-state index in [1.807, 2.05) is 0 Å². The van der Waals surface area contributed by atoms with Gasteiger partial charge in [-0.25, -0.2) is 0 Å². The van der Waals surface area contributed by atoms with Gasteiger partial charge in [0, 0.05) is 20.7 Å². The Morgan fingerprint density at radius 2 is 2.18 bits per heavy atom. The molecule has 4 heteroatoms. The molecule has 4 nitrogen and oxygen atoms in total. The van der Waals surface area contributed by atoms with Crippen LogP contribution in [-0.4, -0.2) is 44.7 Å². The average molecular weight is 160 g/mol. The predicted octanol–water partition coefficient (Wildman–Crippen LogP) is -0.560. The molecule has 2 N–H and O–H groups in total. The monoisotopic (exact) mass is 160 g/mol. The normalized spacial score (nSPS) is 9.73. The van der Waals surface area contributed by atoms with Crippen molar-refractivity contribution in [3.05, 3.63) is 0 Å². The third-order valence-corrected chi connectivity index (χ3v) is 1.22. The van der Waals surface area contributed by atoms with Crippen molar-refractivity contribution >= 4 is 5.91 Å². The van der Waals surface area contributed by atoms with E-state index in [2.05, 4.69) is 0 Å². The van der Waals surface area contributed by atoms with Crippen LogP contribution in [0.1, 0.15) is 6.42 Å². The summed E-state index contributed by atoms with van der Waals surface area (Å²) in [5.41, 5.74) is 5.23. The average Bonchev–Trinajstić information content (AvgIpc) is 1.97. The van der Waals surface area contributed by atoms with Gasteiger partial charge in [0.2, 0.25) is 5.91 Å². The molecule has 0 rings (SSSR count). The van der Waals surface area contributed by atoms with E-state index in [1.165, 1.54) is 4.90 Å². The van der Waals surface area contributed by atoms with Gasteiger partial charge in [-0.3, -0.25) is 4.79 Å². The molecule has 0 aliphatic carbocycles. The van der Waals surface area contributed by atoms with Gasteiger partial charge >= 0.3 is 0 Å². The van der Waals surface area contributed by atoms with Gasteiger partial charge in [-0.1, -0.05) is 0 Å². The zero-order valence-electron chi connectivity index (χ0n) is 7.17. The summed E-state index contributed by atoms with van der Waals surface area (Å²) >= 11 is 0. The lowest BCUT2D eigenvalue weighted by Crippen LogP contribution is -2.26. The molecule has 0 aromatic carbocycles. The molecule has 0 bridgehead atoms. The maximum atomic E-state index is 10.9. The SMILES string of the molecule is CN(C)C(=O)COCCCN. The molecule has 0 aliphatic heterocycles. The first-order chi connectivity index (χ1) is 5.18. The molecular formula is C7H16N2O2. The number of amides is 1. The second-order valence-electron chi connectivity index (χ2n) is 2.48. The van der Waals surface area contributed by atoms with E-state index in [0.29, 0.717) is 13.2 Å². The minimum absolute atomic E-state index is 0.0120. The Labute approximate surface area is 67.3 Å². The van der Waals surface area contributed by atoms with Crippen molar-refractivity contribution in [2.45, 2.75) is 6.42 Å². The molecule has 0 saturated heterocycles. The van der Waals surface area contributed by atoms with E-state index >= 15 is 0 Å². The molecule has 0 aromatic rings. The number of hydrogen-bond acceptors (Lipinski definition) is 3. The molecule has 11 heavy (non-hydrogen) atoms. The van der Waals surface area contributed by atoms with Gasteiger partial charge in [-0.2, -0.15) is 0 Å². The van der Waals surface area contributed by atoms with Crippen molar-refractivity contribution in [3.63, 3.8) is 0 Å². The first kappa shape index (κ1) is 10.4. The molecule has 0 radical (unpaired) electrons. The first-order valence-corrected chi connectivity index (χ1v) is 3.66. The van der Waals surface area contributed by atoms with Crippen LogP contribution in [0.2, 0.25) is 0 Å². The minimum atomic E-state index is -0.0120. The molecular weight excluding hydrogens is 144 g/mol. The fraction of sp³-hybridized carbons (Fsp3) is 0.857. The maximum absolute atomic E-state index is 10.9. The highest BCUT2D eigenvalue weighted by Crippen LogP contribution is 1.83. The summed E-state index contributed by atoms with van der Waals surface area (Å²) in [6.07, 6.45) is 0.806. The van der Waals surface area contributed by atoms with E-state index in [4.69, 9.17) is 10.5 Å². The summed E-state index contributed by atoms with van der Waals surface area (Å²) in [6, 6.07) is 0. The van der Waals surface area contributed by atoms with Crippen LogP contribution < -0.4 is 5.73 Å². The molecule has 0 fully saturated rings. The minimum Gasteiger partial charge on any atom is -0.372 e. The smallest absolute Gasteiger partial charge is 0.248 e. The van der Waals surface area contributed by atoms with E-state index < -0.39 is 0 Å². The summed E-state index contributed by atoms with van der Waals surface area (Å²) in [5, 5.41) is 0.